The minimum absolute atomic E-state index is 0.0274. The Morgan fingerprint density at radius 3 is 2.16 bits per heavy atom. The van der Waals surface area contributed by atoms with Gasteiger partial charge in [-0.3, -0.25) is 24.1 Å². The summed E-state index contributed by atoms with van der Waals surface area (Å²) in [6.07, 6.45) is 0.558. The predicted octanol–water partition coefficient (Wildman–Crippen LogP) is 0.924. The summed E-state index contributed by atoms with van der Waals surface area (Å²) < 4.78 is 55.5. The van der Waals surface area contributed by atoms with Crippen molar-refractivity contribution in [2.24, 2.45) is 5.92 Å². The second-order valence-electron chi connectivity index (χ2n) is 9.59. The van der Waals surface area contributed by atoms with Gasteiger partial charge in [-0.2, -0.15) is 8.78 Å². The Balaban J connectivity index is 1.99. The number of likely N-dealkylation sites (tertiary alicyclic amines) is 1. The lowest BCUT2D eigenvalue weighted by Crippen LogP contribution is -2.50. The average molecular weight is 548 g/mol. The van der Waals surface area contributed by atoms with Crippen molar-refractivity contribution in [2.75, 3.05) is 26.2 Å². The van der Waals surface area contributed by atoms with E-state index in [9.17, 15) is 36.7 Å². The molecule has 0 radical (unpaired) electrons. The van der Waals surface area contributed by atoms with Gasteiger partial charge in [-0.1, -0.05) is 13.8 Å². The molecule has 10 nitrogen and oxygen atoms in total. The van der Waals surface area contributed by atoms with Crippen molar-refractivity contribution >= 4 is 23.6 Å². The molecule has 1 heterocycles. The van der Waals surface area contributed by atoms with Crippen molar-refractivity contribution in [3.05, 3.63) is 28.8 Å². The molecular formula is C24H33F4N5O5. The quantitative estimate of drug-likeness (QED) is 0.206. The monoisotopic (exact) mass is 547 g/mol. The molecule has 38 heavy (non-hydrogen) atoms. The summed E-state index contributed by atoms with van der Waals surface area (Å²) in [5, 5.41) is 18.9. The van der Waals surface area contributed by atoms with Crippen molar-refractivity contribution in [1.82, 2.24) is 26.2 Å². The summed E-state index contributed by atoms with van der Waals surface area (Å²) in [7, 11) is 0. The van der Waals surface area contributed by atoms with Gasteiger partial charge in [0.25, 0.3) is 5.91 Å². The number of nitrogens with zero attached hydrogens (tertiary/aromatic N) is 1. The van der Waals surface area contributed by atoms with Gasteiger partial charge in [0.15, 0.2) is 17.4 Å². The molecule has 2 rings (SSSR count). The Morgan fingerprint density at radius 2 is 1.61 bits per heavy atom. The number of phenolic OH excluding ortho intramolecular Hbond substituents is 1. The summed E-state index contributed by atoms with van der Waals surface area (Å²) in [5.74, 6) is -13.8. The van der Waals surface area contributed by atoms with Gasteiger partial charge in [-0.05, 0) is 32.6 Å². The van der Waals surface area contributed by atoms with E-state index in [1.165, 1.54) is 0 Å². The smallest absolute Gasteiger partial charge is 0.258 e. The van der Waals surface area contributed by atoms with E-state index in [2.05, 4.69) is 16.0 Å². The minimum Gasteiger partial charge on any atom is -0.503 e. The SMILES string of the molecule is CCNC(=O)CN1C[C@@H](NC(=O)CNC(=O)[C@H](CC(C)C)NC(=O)c2c(F)c(F)c(O)c(F)c2F)CC1C. The molecule has 3 atom stereocenters. The molecule has 1 aliphatic rings. The zero-order valence-electron chi connectivity index (χ0n) is 21.6. The van der Waals surface area contributed by atoms with Crippen LogP contribution in [0.2, 0.25) is 0 Å². The largest absolute Gasteiger partial charge is 0.503 e. The fourth-order valence-corrected chi connectivity index (χ4v) is 4.18. The number of hydrogen-bond acceptors (Lipinski definition) is 6. The van der Waals surface area contributed by atoms with Crippen LogP contribution in [0.4, 0.5) is 17.6 Å². The first-order valence-electron chi connectivity index (χ1n) is 12.2. The van der Waals surface area contributed by atoms with Gasteiger partial charge in [0.1, 0.15) is 11.6 Å². The first-order valence-corrected chi connectivity index (χ1v) is 12.2. The van der Waals surface area contributed by atoms with E-state index in [1.54, 1.807) is 13.8 Å². The number of aromatic hydroxyl groups is 1. The van der Waals surface area contributed by atoms with Crippen molar-refractivity contribution in [1.29, 1.82) is 0 Å². The minimum atomic E-state index is -2.15. The van der Waals surface area contributed by atoms with Crippen LogP contribution < -0.4 is 21.3 Å². The Kier molecular flexibility index (Phi) is 10.9. The average Bonchev–Trinajstić information content (AvgIpc) is 3.17. The molecule has 0 saturated carbocycles. The molecule has 1 aromatic carbocycles. The molecule has 4 amide bonds. The molecule has 1 fully saturated rings. The predicted molar refractivity (Wildman–Crippen MR) is 128 cm³/mol. The summed E-state index contributed by atoms with van der Waals surface area (Å²) in [5.41, 5.74) is -1.63. The van der Waals surface area contributed by atoms with Crippen LogP contribution in [0.5, 0.6) is 5.75 Å². The van der Waals surface area contributed by atoms with Gasteiger partial charge < -0.3 is 26.4 Å². The second-order valence-corrected chi connectivity index (χ2v) is 9.59. The second kappa shape index (κ2) is 13.4. The van der Waals surface area contributed by atoms with Crippen LogP contribution in [-0.4, -0.2) is 77.9 Å². The zero-order chi connectivity index (χ0) is 28.7. The molecule has 0 spiro atoms. The number of carbonyl (C=O) groups is 4. The zero-order valence-corrected chi connectivity index (χ0v) is 21.6. The van der Waals surface area contributed by atoms with Crippen LogP contribution in [-0.2, 0) is 14.4 Å². The number of carbonyl (C=O) groups excluding carboxylic acids is 4. The molecule has 1 unspecified atom stereocenters. The Labute approximate surface area is 217 Å². The summed E-state index contributed by atoms with van der Waals surface area (Å²) in [4.78, 5) is 51.3. The lowest BCUT2D eigenvalue weighted by Gasteiger charge is -2.21. The highest BCUT2D eigenvalue weighted by Crippen LogP contribution is 2.29. The molecule has 5 N–H and O–H groups in total. The van der Waals surface area contributed by atoms with E-state index >= 15 is 0 Å². The highest BCUT2D eigenvalue weighted by molar-refractivity contribution is 5.98. The lowest BCUT2D eigenvalue weighted by atomic mass is 10.0. The molecule has 14 heteroatoms. The third kappa shape index (κ3) is 7.79. The van der Waals surface area contributed by atoms with Crippen molar-refractivity contribution < 1.29 is 41.8 Å². The lowest BCUT2D eigenvalue weighted by molar-refractivity contribution is -0.127. The molecule has 212 valence electrons. The summed E-state index contributed by atoms with van der Waals surface area (Å²) in [6, 6.07) is -1.62. The molecule has 1 saturated heterocycles. The molecule has 0 aliphatic carbocycles. The maximum absolute atomic E-state index is 14.1. The first-order chi connectivity index (χ1) is 17.8. The van der Waals surface area contributed by atoms with Crippen molar-refractivity contribution in [3.63, 3.8) is 0 Å². The molecule has 1 aromatic rings. The van der Waals surface area contributed by atoms with Crippen molar-refractivity contribution in [2.45, 2.75) is 58.7 Å². The Hall–Kier alpha value is -3.42. The van der Waals surface area contributed by atoms with E-state index in [0.29, 0.717) is 19.5 Å². The first kappa shape index (κ1) is 30.8. The number of amides is 4. The van der Waals surface area contributed by atoms with Crippen LogP contribution in [0.25, 0.3) is 0 Å². The fraction of sp³-hybridized carbons (Fsp3) is 0.583. The maximum atomic E-state index is 14.1. The van der Waals surface area contributed by atoms with E-state index in [4.69, 9.17) is 5.11 Å². The highest BCUT2D eigenvalue weighted by atomic mass is 19.2. The van der Waals surface area contributed by atoms with Crippen LogP contribution in [0.1, 0.15) is 50.9 Å². The molecule has 0 bridgehead atoms. The fourth-order valence-electron chi connectivity index (χ4n) is 4.18. The van der Waals surface area contributed by atoms with Crippen LogP contribution in [0, 0.1) is 29.2 Å². The van der Waals surface area contributed by atoms with Gasteiger partial charge in [0.05, 0.1) is 13.1 Å². The van der Waals surface area contributed by atoms with Gasteiger partial charge in [0, 0.05) is 25.2 Å². The summed E-state index contributed by atoms with van der Waals surface area (Å²) in [6.45, 7) is 7.75. The Bertz CT molecular complexity index is 1040. The van der Waals surface area contributed by atoms with Gasteiger partial charge in [-0.15, -0.1) is 0 Å². The molecule has 1 aliphatic heterocycles. The number of phenols is 1. The Morgan fingerprint density at radius 1 is 1.00 bits per heavy atom. The van der Waals surface area contributed by atoms with Gasteiger partial charge in [0.2, 0.25) is 29.4 Å². The normalized spacial score (nSPS) is 18.2. The standard InChI is InChI=1S/C24H33F4N5O5/c1-5-29-16(35)10-33-9-13(7-12(33)4)31-15(34)8-30-23(37)14(6-11(2)3)32-24(38)17-18(25)20(27)22(36)21(28)19(17)26/h11-14,36H,5-10H2,1-4H3,(H,29,35)(H,30,37)(H,31,34)(H,32,38)/t12?,13-,14-/m0/s1. The van der Waals surface area contributed by atoms with E-state index in [1.807, 2.05) is 24.1 Å². The van der Waals surface area contributed by atoms with Crippen molar-refractivity contribution in [3.8, 4) is 5.75 Å². The number of nitrogens with one attached hydrogen (secondary N) is 4. The van der Waals surface area contributed by atoms with Crippen LogP contribution in [0.3, 0.4) is 0 Å². The van der Waals surface area contributed by atoms with Gasteiger partial charge in [-0.25, -0.2) is 8.78 Å². The van der Waals surface area contributed by atoms with Crippen LogP contribution >= 0.6 is 0 Å². The van der Waals surface area contributed by atoms with E-state index in [0.717, 1.165) is 0 Å². The van der Waals surface area contributed by atoms with E-state index < -0.39 is 64.9 Å². The topological polar surface area (TPSA) is 140 Å². The summed E-state index contributed by atoms with van der Waals surface area (Å²) >= 11 is 0. The van der Waals surface area contributed by atoms with Crippen LogP contribution in [0.15, 0.2) is 0 Å². The molecule has 0 aromatic heterocycles. The third-order valence-electron chi connectivity index (χ3n) is 6.01. The number of halogens is 4. The number of benzene rings is 1. The number of hydrogen-bond donors (Lipinski definition) is 5. The van der Waals surface area contributed by atoms with E-state index in [-0.39, 0.29) is 36.9 Å². The maximum Gasteiger partial charge on any atom is 0.258 e. The highest BCUT2D eigenvalue weighted by Gasteiger charge is 2.33. The third-order valence-corrected chi connectivity index (χ3v) is 6.01. The molecular weight excluding hydrogens is 514 g/mol. The number of likely N-dealkylation sites (N-methyl/N-ethyl adjacent to an activating group) is 1. The van der Waals surface area contributed by atoms with Gasteiger partial charge >= 0.3 is 0 Å². The number of rotatable bonds is 11.